The van der Waals surface area contributed by atoms with Gasteiger partial charge >= 0.3 is 0 Å². The minimum atomic E-state index is -3.61. The number of sulfonamides is 1. The van der Waals surface area contributed by atoms with Crippen LogP contribution < -0.4 is 5.73 Å². The van der Waals surface area contributed by atoms with E-state index in [1.165, 1.54) is 23.5 Å². The molecule has 2 rings (SSSR count). The second-order valence-corrected chi connectivity index (χ2v) is 7.83. The van der Waals surface area contributed by atoms with E-state index in [0.717, 1.165) is 0 Å². The summed E-state index contributed by atoms with van der Waals surface area (Å²) in [4.78, 5) is 0.145. The Hall–Kier alpha value is -0.830. The topological polar surface area (TPSA) is 76.5 Å². The summed E-state index contributed by atoms with van der Waals surface area (Å²) in [6.07, 6.45) is 0. The Balaban J connectivity index is 2.27. The minimum Gasteiger partial charge on any atom is -0.453 e. The van der Waals surface area contributed by atoms with E-state index in [2.05, 4.69) is 31.9 Å². The predicted octanol–water partition coefficient (Wildman–Crippen LogP) is 3.21. The molecule has 0 bridgehead atoms. The molecule has 0 spiro atoms. The Labute approximate surface area is 134 Å². The highest BCUT2D eigenvalue weighted by atomic mass is 79.9. The molecule has 2 N–H and O–H groups in total. The van der Waals surface area contributed by atoms with E-state index in [9.17, 15) is 8.42 Å². The molecule has 108 valence electrons. The lowest BCUT2D eigenvalue weighted by Crippen LogP contribution is -2.26. The van der Waals surface area contributed by atoms with Gasteiger partial charge in [-0.2, -0.15) is 4.31 Å². The number of benzene rings is 1. The van der Waals surface area contributed by atoms with Crippen molar-refractivity contribution >= 4 is 47.6 Å². The van der Waals surface area contributed by atoms with Gasteiger partial charge in [-0.1, -0.05) is 0 Å². The van der Waals surface area contributed by atoms with Gasteiger partial charge in [-0.05, 0) is 62.2 Å². The van der Waals surface area contributed by atoms with Crippen LogP contribution >= 0.6 is 31.9 Å². The normalized spacial score (nSPS) is 12.0. The first-order valence-corrected chi connectivity index (χ1v) is 8.59. The first-order chi connectivity index (χ1) is 9.30. The van der Waals surface area contributed by atoms with Crippen LogP contribution in [0.4, 0.5) is 5.69 Å². The SMILES string of the molecule is CN(Cc1ccc(Br)o1)S(=O)(=O)c1ccc(Br)c(N)c1. The van der Waals surface area contributed by atoms with Crippen molar-refractivity contribution in [3.8, 4) is 0 Å². The highest BCUT2D eigenvalue weighted by molar-refractivity contribution is 9.10. The van der Waals surface area contributed by atoms with Crippen LogP contribution in [0.25, 0.3) is 0 Å². The summed E-state index contributed by atoms with van der Waals surface area (Å²) in [6.45, 7) is 0.143. The molecule has 1 aromatic carbocycles. The molecule has 0 aliphatic heterocycles. The number of halogens is 2. The third-order valence-electron chi connectivity index (χ3n) is 2.68. The first-order valence-electron chi connectivity index (χ1n) is 5.56. The van der Waals surface area contributed by atoms with Crippen molar-refractivity contribution in [2.24, 2.45) is 0 Å². The van der Waals surface area contributed by atoms with E-state index in [-0.39, 0.29) is 11.4 Å². The van der Waals surface area contributed by atoms with E-state index in [1.807, 2.05) is 0 Å². The maximum atomic E-state index is 12.4. The van der Waals surface area contributed by atoms with Crippen molar-refractivity contribution in [2.75, 3.05) is 12.8 Å². The number of rotatable bonds is 4. The van der Waals surface area contributed by atoms with Crippen LogP contribution in [0.5, 0.6) is 0 Å². The van der Waals surface area contributed by atoms with Gasteiger partial charge in [0.15, 0.2) is 4.67 Å². The molecular weight excluding hydrogens is 412 g/mol. The maximum absolute atomic E-state index is 12.4. The maximum Gasteiger partial charge on any atom is 0.243 e. The summed E-state index contributed by atoms with van der Waals surface area (Å²) in [5.41, 5.74) is 6.09. The highest BCUT2D eigenvalue weighted by Gasteiger charge is 2.22. The van der Waals surface area contributed by atoms with Crippen LogP contribution in [-0.4, -0.2) is 19.8 Å². The Morgan fingerprint density at radius 3 is 2.50 bits per heavy atom. The average molecular weight is 424 g/mol. The quantitative estimate of drug-likeness (QED) is 0.766. The molecule has 1 heterocycles. The number of nitrogens with zero attached hydrogens (tertiary/aromatic N) is 1. The van der Waals surface area contributed by atoms with Crippen LogP contribution in [0.2, 0.25) is 0 Å². The highest BCUT2D eigenvalue weighted by Crippen LogP contribution is 2.25. The third kappa shape index (κ3) is 3.25. The van der Waals surface area contributed by atoms with Gasteiger partial charge in [-0.25, -0.2) is 8.42 Å². The van der Waals surface area contributed by atoms with Gasteiger partial charge in [-0.15, -0.1) is 0 Å². The fourth-order valence-electron chi connectivity index (χ4n) is 1.60. The van der Waals surface area contributed by atoms with E-state index >= 15 is 0 Å². The van der Waals surface area contributed by atoms with E-state index in [0.29, 0.717) is 20.6 Å². The van der Waals surface area contributed by atoms with Crippen molar-refractivity contribution in [3.05, 3.63) is 45.2 Å². The van der Waals surface area contributed by atoms with Crippen molar-refractivity contribution in [1.82, 2.24) is 4.31 Å². The van der Waals surface area contributed by atoms with Crippen molar-refractivity contribution < 1.29 is 12.8 Å². The zero-order valence-corrected chi connectivity index (χ0v) is 14.5. The van der Waals surface area contributed by atoms with Crippen molar-refractivity contribution in [1.29, 1.82) is 0 Å². The number of furan rings is 1. The molecule has 0 unspecified atom stereocenters. The number of hydrogen-bond donors (Lipinski definition) is 1. The summed E-state index contributed by atoms with van der Waals surface area (Å²) in [7, 11) is -2.12. The van der Waals surface area contributed by atoms with Crippen molar-refractivity contribution in [3.63, 3.8) is 0 Å². The van der Waals surface area contributed by atoms with Gasteiger partial charge in [0.1, 0.15) is 5.76 Å². The average Bonchev–Trinajstić information content (AvgIpc) is 2.78. The van der Waals surface area contributed by atoms with Gasteiger partial charge in [0.25, 0.3) is 0 Å². The second kappa shape index (κ2) is 5.88. The van der Waals surface area contributed by atoms with Crippen LogP contribution in [0.1, 0.15) is 5.76 Å². The summed E-state index contributed by atoms with van der Waals surface area (Å²) in [5.74, 6) is 0.549. The van der Waals surface area contributed by atoms with E-state index in [4.69, 9.17) is 10.2 Å². The Bertz CT molecular complexity index is 728. The van der Waals surface area contributed by atoms with Gasteiger partial charge in [0.05, 0.1) is 11.4 Å². The van der Waals surface area contributed by atoms with Crippen LogP contribution in [0, 0.1) is 0 Å². The number of nitrogen functional groups attached to an aromatic ring is 1. The molecule has 1 aromatic heterocycles. The van der Waals surface area contributed by atoms with Gasteiger partial charge < -0.3 is 10.2 Å². The zero-order chi connectivity index (χ0) is 14.9. The first kappa shape index (κ1) is 15.6. The van der Waals surface area contributed by atoms with Crippen LogP contribution in [0.15, 0.2) is 48.8 Å². The molecule has 0 aliphatic rings. The minimum absolute atomic E-state index is 0.143. The lowest BCUT2D eigenvalue weighted by atomic mass is 10.3. The molecule has 0 radical (unpaired) electrons. The van der Waals surface area contributed by atoms with Gasteiger partial charge in [0, 0.05) is 17.2 Å². The van der Waals surface area contributed by atoms with Crippen LogP contribution in [-0.2, 0) is 16.6 Å². The number of anilines is 1. The van der Waals surface area contributed by atoms with E-state index in [1.54, 1.807) is 18.2 Å². The fourth-order valence-corrected chi connectivity index (χ4v) is 3.36. The lowest BCUT2D eigenvalue weighted by molar-refractivity contribution is 0.398. The Morgan fingerprint density at radius 1 is 1.25 bits per heavy atom. The monoisotopic (exact) mass is 422 g/mol. The summed E-state index contributed by atoms with van der Waals surface area (Å²) < 4.78 is 32.6. The van der Waals surface area contributed by atoms with Crippen LogP contribution in [0.3, 0.4) is 0 Å². The molecule has 0 amide bonds. The summed E-state index contributed by atoms with van der Waals surface area (Å²) in [6, 6.07) is 7.97. The van der Waals surface area contributed by atoms with Crippen molar-refractivity contribution in [2.45, 2.75) is 11.4 Å². The van der Waals surface area contributed by atoms with Gasteiger partial charge in [-0.3, -0.25) is 0 Å². The summed E-state index contributed by atoms with van der Waals surface area (Å²) in [5, 5.41) is 0. The Kier molecular flexibility index (Phi) is 4.58. The van der Waals surface area contributed by atoms with Gasteiger partial charge in [0.2, 0.25) is 10.0 Å². The Morgan fingerprint density at radius 2 is 1.95 bits per heavy atom. The molecule has 0 fully saturated rings. The van der Waals surface area contributed by atoms with E-state index < -0.39 is 10.0 Å². The molecule has 0 atom stereocenters. The largest absolute Gasteiger partial charge is 0.453 e. The fraction of sp³-hybridized carbons (Fsp3) is 0.167. The molecule has 0 aliphatic carbocycles. The molecule has 0 saturated heterocycles. The number of nitrogens with two attached hydrogens (primary N) is 1. The molecular formula is C12H12Br2N2O3S. The molecule has 20 heavy (non-hydrogen) atoms. The smallest absolute Gasteiger partial charge is 0.243 e. The molecule has 5 nitrogen and oxygen atoms in total. The third-order valence-corrected chi connectivity index (χ3v) is 5.63. The predicted molar refractivity (Wildman–Crippen MR) is 83.6 cm³/mol. The second-order valence-electron chi connectivity index (χ2n) is 4.15. The standard InChI is InChI=1S/C12H12Br2N2O3S/c1-16(7-8-2-5-12(14)19-8)20(17,18)9-3-4-10(13)11(15)6-9/h2-6H,7,15H2,1H3. The zero-order valence-electron chi connectivity index (χ0n) is 10.5. The lowest BCUT2D eigenvalue weighted by Gasteiger charge is -2.16. The summed E-state index contributed by atoms with van der Waals surface area (Å²) >= 11 is 6.41. The molecule has 0 saturated carbocycles. The number of hydrogen-bond acceptors (Lipinski definition) is 4. The molecule has 8 heteroatoms. The molecule has 2 aromatic rings.